The monoisotopic (exact) mass is 220 g/mol. The quantitative estimate of drug-likeness (QED) is 0.614. The molecule has 1 heteroatoms. The number of hydrogen-bond acceptors (Lipinski definition) is 0. The number of aryl methyl sites for hydroxylation is 1. The minimum Gasteiger partial charge on any atom is -0.207 e. The van der Waals surface area contributed by atoms with E-state index in [0.29, 0.717) is 5.92 Å². The van der Waals surface area contributed by atoms with Gasteiger partial charge in [0.2, 0.25) is 0 Å². The van der Waals surface area contributed by atoms with Gasteiger partial charge in [0, 0.05) is 0 Å². The van der Waals surface area contributed by atoms with Crippen molar-refractivity contribution in [3.8, 4) is 0 Å². The average Bonchev–Trinajstić information content (AvgIpc) is 2.26. The van der Waals surface area contributed by atoms with Gasteiger partial charge in [-0.1, -0.05) is 38.1 Å². The molecule has 0 saturated heterocycles. The van der Waals surface area contributed by atoms with E-state index >= 15 is 0 Å². The predicted octanol–water partition coefficient (Wildman–Crippen LogP) is 4.98. The summed E-state index contributed by atoms with van der Waals surface area (Å²) < 4.78 is 13.8. The van der Waals surface area contributed by atoms with Crippen LogP contribution in [0.1, 0.15) is 50.2 Å². The molecule has 0 N–H and O–H groups in total. The number of rotatable bonds is 5. The number of hydrogen-bond donors (Lipinski definition) is 0. The first kappa shape index (κ1) is 13.0. The van der Waals surface area contributed by atoms with Gasteiger partial charge in [-0.2, -0.15) is 0 Å². The molecule has 1 aromatic rings. The van der Waals surface area contributed by atoms with Crippen molar-refractivity contribution in [2.75, 3.05) is 0 Å². The Morgan fingerprint density at radius 1 is 1.25 bits per heavy atom. The third kappa shape index (κ3) is 3.48. The number of allylic oxidation sites excluding steroid dienone is 2. The van der Waals surface area contributed by atoms with Gasteiger partial charge in [0.25, 0.3) is 0 Å². The highest BCUT2D eigenvalue weighted by molar-refractivity contribution is 5.27. The van der Waals surface area contributed by atoms with Crippen LogP contribution in [0.5, 0.6) is 0 Å². The predicted molar refractivity (Wildman–Crippen MR) is 68.2 cm³/mol. The van der Waals surface area contributed by atoms with Gasteiger partial charge in [-0.05, 0) is 49.3 Å². The second-order valence-corrected chi connectivity index (χ2v) is 4.25. The van der Waals surface area contributed by atoms with Crippen LogP contribution in [0.2, 0.25) is 0 Å². The fraction of sp³-hybridized carbons (Fsp3) is 0.467. The zero-order valence-corrected chi connectivity index (χ0v) is 10.5. The Balaban J connectivity index is 2.82. The summed E-state index contributed by atoms with van der Waals surface area (Å²) in [4.78, 5) is 0. The van der Waals surface area contributed by atoms with Crippen LogP contribution in [-0.2, 0) is 0 Å². The maximum absolute atomic E-state index is 13.8. The molecule has 0 radical (unpaired) electrons. The lowest BCUT2D eigenvalue weighted by atomic mass is 9.92. The van der Waals surface area contributed by atoms with E-state index in [1.165, 1.54) is 0 Å². The Labute approximate surface area is 98.2 Å². The molecular weight excluding hydrogens is 199 g/mol. The van der Waals surface area contributed by atoms with Crippen molar-refractivity contribution in [3.63, 3.8) is 0 Å². The molecule has 0 amide bonds. The number of halogens is 1. The Bertz CT molecular complexity index is 352. The highest BCUT2D eigenvalue weighted by atomic mass is 19.1. The lowest BCUT2D eigenvalue weighted by molar-refractivity contribution is 0.568. The summed E-state index contributed by atoms with van der Waals surface area (Å²) in [5.74, 6) is 0.250. The molecule has 1 rings (SSSR count). The van der Waals surface area contributed by atoms with E-state index in [0.717, 1.165) is 30.4 Å². The molecular formula is C15H21F. The van der Waals surface area contributed by atoms with Gasteiger partial charge >= 0.3 is 0 Å². The average molecular weight is 220 g/mol. The van der Waals surface area contributed by atoms with Gasteiger partial charge in [0.15, 0.2) is 0 Å². The Kier molecular flexibility index (Phi) is 5.24. The fourth-order valence-electron chi connectivity index (χ4n) is 1.90. The van der Waals surface area contributed by atoms with Crippen molar-refractivity contribution in [1.82, 2.24) is 0 Å². The van der Waals surface area contributed by atoms with Crippen LogP contribution < -0.4 is 0 Å². The largest absolute Gasteiger partial charge is 0.207 e. The second kappa shape index (κ2) is 6.47. The summed E-state index contributed by atoms with van der Waals surface area (Å²) in [6.45, 7) is 6.15. The van der Waals surface area contributed by atoms with Gasteiger partial charge < -0.3 is 0 Å². The summed E-state index contributed by atoms with van der Waals surface area (Å²) in [5.41, 5.74) is 1.84. The third-order valence-corrected chi connectivity index (χ3v) is 2.91. The normalized spacial score (nSPS) is 13.2. The van der Waals surface area contributed by atoms with Crippen molar-refractivity contribution in [3.05, 3.63) is 47.3 Å². The van der Waals surface area contributed by atoms with E-state index in [2.05, 4.69) is 26.0 Å². The van der Waals surface area contributed by atoms with Crippen LogP contribution in [0.15, 0.2) is 30.4 Å². The van der Waals surface area contributed by atoms with Gasteiger partial charge in [0.05, 0.1) is 0 Å². The van der Waals surface area contributed by atoms with Crippen molar-refractivity contribution >= 4 is 0 Å². The molecule has 88 valence electrons. The molecule has 1 atom stereocenters. The Hall–Kier alpha value is -1.11. The molecule has 1 aromatic carbocycles. The molecule has 16 heavy (non-hydrogen) atoms. The molecule has 0 saturated carbocycles. The molecule has 0 fully saturated rings. The van der Waals surface area contributed by atoms with Crippen molar-refractivity contribution in [2.45, 2.75) is 46.0 Å². The van der Waals surface area contributed by atoms with Crippen LogP contribution in [0.4, 0.5) is 4.39 Å². The summed E-state index contributed by atoms with van der Waals surface area (Å²) in [6.07, 6.45) is 7.27. The van der Waals surface area contributed by atoms with Crippen molar-refractivity contribution in [2.24, 2.45) is 0 Å². The fourth-order valence-corrected chi connectivity index (χ4v) is 1.90. The number of benzene rings is 1. The maximum atomic E-state index is 13.8. The topological polar surface area (TPSA) is 0 Å². The summed E-state index contributed by atoms with van der Waals surface area (Å²) in [7, 11) is 0. The van der Waals surface area contributed by atoms with Gasteiger partial charge in [-0.25, -0.2) is 4.39 Å². The minimum atomic E-state index is -0.0586. The van der Waals surface area contributed by atoms with Crippen molar-refractivity contribution < 1.29 is 4.39 Å². The highest BCUT2D eigenvalue weighted by Gasteiger charge is 2.12. The summed E-state index contributed by atoms with van der Waals surface area (Å²) in [5, 5.41) is 0. The van der Waals surface area contributed by atoms with E-state index in [1.54, 1.807) is 6.07 Å². The van der Waals surface area contributed by atoms with Gasteiger partial charge in [0.1, 0.15) is 5.82 Å². The van der Waals surface area contributed by atoms with Gasteiger partial charge in [-0.15, -0.1) is 0 Å². The summed E-state index contributed by atoms with van der Waals surface area (Å²) >= 11 is 0. The van der Waals surface area contributed by atoms with Crippen LogP contribution in [0, 0.1) is 12.7 Å². The van der Waals surface area contributed by atoms with E-state index in [1.807, 2.05) is 19.1 Å². The first-order valence-corrected chi connectivity index (χ1v) is 6.10. The van der Waals surface area contributed by atoms with Gasteiger partial charge in [-0.3, -0.25) is 0 Å². The standard InChI is InChI=1S/C15H21F/c1-4-6-7-8-13(5-2)14-10-9-12(3)11-15(14)16/h6-7,9-11,13H,4-5,8H2,1-3H3/b7-6-. The molecule has 0 bridgehead atoms. The SMILES string of the molecule is CC/C=C\CC(CC)c1ccc(C)cc1F. The minimum absolute atomic E-state index is 0.0586. The Morgan fingerprint density at radius 2 is 2.00 bits per heavy atom. The summed E-state index contributed by atoms with van der Waals surface area (Å²) in [6, 6.07) is 5.55. The van der Waals surface area contributed by atoms with E-state index in [9.17, 15) is 4.39 Å². The Morgan fingerprint density at radius 3 is 2.56 bits per heavy atom. The molecule has 0 aromatic heterocycles. The zero-order chi connectivity index (χ0) is 12.0. The highest BCUT2D eigenvalue weighted by Crippen LogP contribution is 2.26. The lowest BCUT2D eigenvalue weighted by Gasteiger charge is -2.14. The third-order valence-electron chi connectivity index (χ3n) is 2.91. The molecule has 0 aliphatic carbocycles. The maximum Gasteiger partial charge on any atom is 0.126 e. The van der Waals surface area contributed by atoms with Crippen LogP contribution >= 0.6 is 0 Å². The first-order valence-electron chi connectivity index (χ1n) is 6.10. The molecule has 0 spiro atoms. The van der Waals surface area contributed by atoms with E-state index in [4.69, 9.17) is 0 Å². The first-order chi connectivity index (χ1) is 7.69. The molecule has 0 heterocycles. The van der Waals surface area contributed by atoms with E-state index in [-0.39, 0.29) is 5.82 Å². The molecule has 0 aliphatic heterocycles. The smallest absolute Gasteiger partial charge is 0.126 e. The molecule has 0 aliphatic rings. The molecule has 1 unspecified atom stereocenters. The lowest BCUT2D eigenvalue weighted by Crippen LogP contribution is -1.99. The van der Waals surface area contributed by atoms with Crippen LogP contribution in [-0.4, -0.2) is 0 Å². The van der Waals surface area contributed by atoms with Crippen molar-refractivity contribution in [1.29, 1.82) is 0 Å². The second-order valence-electron chi connectivity index (χ2n) is 4.25. The van der Waals surface area contributed by atoms with Crippen LogP contribution in [0.3, 0.4) is 0 Å². The zero-order valence-electron chi connectivity index (χ0n) is 10.5. The van der Waals surface area contributed by atoms with E-state index < -0.39 is 0 Å². The molecule has 0 nitrogen and oxygen atoms in total. The van der Waals surface area contributed by atoms with Crippen LogP contribution in [0.25, 0.3) is 0 Å².